The maximum atomic E-state index is 12.8. The molecular weight excluding hydrogens is 508 g/mol. The summed E-state index contributed by atoms with van der Waals surface area (Å²) < 4.78 is 6.90. The monoisotopic (exact) mass is 558 g/mol. The molecule has 222 valence electrons. The number of phenolic OH excluding ortho intramolecular Hbond substituents is 1. The Hall–Kier alpha value is -2.08. The van der Waals surface area contributed by atoms with Crippen LogP contribution in [0.1, 0.15) is 88.3 Å². The van der Waals surface area contributed by atoms with Gasteiger partial charge in [0.25, 0.3) is 0 Å². The number of unbranched alkanes of at least 4 members (excludes halogenated alkanes) is 3. The largest absolute Gasteiger partial charge is 0.504 e. The zero-order chi connectivity index (χ0) is 28.2. The van der Waals surface area contributed by atoms with Gasteiger partial charge in [-0.25, -0.2) is 0 Å². The lowest BCUT2D eigenvalue weighted by Gasteiger charge is -2.65. The van der Waals surface area contributed by atoms with Crippen LogP contribution in [0.25, 0.3) is 0 Å². The van der Waals surface area contributed by atoms with Crippen molar-refractivity contribution in [3.63, 3.8) is 0 Å². The fourth-order valence-electron chi connectivity index (χ4n) is 9.33. The summed E-state index contributed by atoms with van der Waals surface area (Å²) >= 11 is 0. The Morgan fingerprint density at radius 1 is 1.00 bits per heavy atom. The topological polar surface area (TPSA) is 56.2 Å². The van der Waals surface area contributed by atoms with Gasteiger partial charge in [-0.15, -0.1) is 0 Å². The number of rotatable bonds is 12. The number of phenols is 1. The second-order valence-corrected chi connectivity index (χ2v) is 14.4. The summed E-state index contributed by atoms with van der Waals surface area (Å²) in [5.41, 5.74) is 2.67. The summed E-state index contributed by atoms with van der Waals surface area (Å²) in [5.74, 6) is 2.31. The zero-order valence-corrected chi connectivity index (χ0v) is 25.2. The van der Waals surface area contributed by atoms with Crippen LogP contribution in [0.15, 0.2) is 42.5 Å². The number of nitrogens with zero attached hydrogens (tertiary/aromatic N) is 2. The lowest BCUT2D eigenvalue weighted by molar-refractivity contribution is -0.201. The summed E-state index contributed by atoms with van der Waals surface area (Å²) in [4.78, 5) is 5.35. The molecule has 2 saturated carbocycles. The first-order chi connectivity index (χ1) is 19.9. The molecule has 2 aromatic rings. The quantitative estimate of drug-likeness (QED) is 0.309. The first-order valence-corrected chi connectivity index (χ1v) is 16.7. The molecule has 1 spiro atoms. The fourth-order valence-corrected chi connectivity index (χ4v) is 9.33. The minimum Gasteiger partial charge on any atom is -0.504 e. The van der Waals surface area contributed by atoms with Crippen LogP contribution < -0.4 is 4.74 Å². The lowest BCUT2D eigenvalue weighted by Crippen LogP contribution is -2.78. The smallest absolute Gasteiger partial charge is 0.165 e. The maximum Gasteiger partial charge on any atom is 0.165 e. The molecule has 0 unspecified atom stereocenters. The van der Waals surface area contributed by atoms with Gasteiger partial charge >= 0.3 is 0 Å². The van der Waals surface area contributed by atoms with Gasteiger partial charge in [-0.1, -0.05) is 63.1 Å². The highest BCUT2D eigenvalue weighted by Gasteiger charge is 2.73. The predicted octanol–water partition coefficient (Wildman–Crippen LogP) is 6.09. The van der Waals surface area contributed by atoms with Crippen molar-refractivity contribution in [2.75, 3.05) is 26.2 Å². The number of likely N-dealkylation sites (tertiary alicyclic amines) is 1. The molecule has 2 bridgehead atoms. The molecule has 2 heterocycles. The van der Waals surface area contributed by atoms with Crippen LogP contribution >= 0.6 is 0 Å². The molecule has 3 aliphatic carbocycles. The van der Waals surface area contributed by atoms with Crippen molar-refractivity contribution < 1.29 is 14.9 Å². The third-order valence-electron chi connectivity index (χ3n) is 11.3. The van der Waals surface area contributed by atoms with Crippen molar-refractivity contribution in [1.82, 2.24) is 9.80 Å². The average Bonchev–Trinajstić information content (AvgIpc) is 3.70. The Labute approximate surface area is 246 Å². The molecule has 5 nitrogen and oxygen atoms in total. The molecule has 7 rings (SSSR count). The fraction of sp³-hybridized carbons (Fsp3) is 0.667. The molecule has 0 amide bonds. The van der Waals surface area contributed by atoms with Crippen LogP contribution in [0.3, 0.4) is 0 Å². The summed E-state index contributed by atoms with van der Waals surface area (Å²) in [6.45, 7) is 8.93. The molecule has 5 atom stereocenters. The summed E-state index contributed by atoms with van der Waals surface area (Å²) in [5, 5.41) is 23.8. The van der Waals surface area contributed by atoms with E-state index in [-0.39, 0.29) is 23.9 Å². The summed E-state index contributed by atoms with van der Waals surface area (Å²) in [6, 6.07) is 15.2. The minimum atomic E-state index is -0.797. The Morgan fingerprint density at radius 3 is 2.59 bits per heavy atom. The normalized spacial score (nSPS) is 31.9. The van der Waals surface area contributed by atoms with Crippen LogP contribution in [-0.4, -0.2) is 70.0 Å². The van der Waals surface area contributed by atoms with Crippen LogP contribution in [-0.2, 0) is 18.3 Å². The first kappa shape index (κ1) is 27.7. The molecule has 2 N–H and O–H groups in total. The van der Waals surface area contributed by atoms with Gasteiger partial charge in [-0.2, -0.15) is 0 Å². The number of aryl methyl sites for hydroxylation is 1. The van der Waals surface area contributed by atoms with E-state index < -0.39 is 11.0 Å². The van der Waals surface area contributed by atoms with Gasteiger partial charge in [-0.3, -0.25) is 9.80 Å². The van der Waals surface area contributed by atoms with Crippen LogP contribution in [0, 0.1) is 11.8 Å². The van der Waals surface area contributed by atoms with Crippen molar-refractivity contribution in [2.24, 2.45) is 11.8 Å². The average molecular weight is 559 g/mol. The maximum absolute atomic E-state index is 12.8. The van der Waals surface area contributed by atoms with E-state index in [9.17, 15) is 10.2 Å². The standard InChI is InChI=1S/C36H50N2O3/c1-25(2)23-37(20-9-4-3-6-10-26-11-7-5-8-12-26)29-17-18-36(40)31-22-28-15-16-30(39)33-32(28)35(36,34(29)41-33)19-21-38(31)24-27-13-14-27/h5,7-8,11-12,15-16,25,27,29,31,34,39-40H,3-4,6,9-10,13-14,17-24H2,1-2H3/t29-,31+,34-,35-,36+/m0/s1. The second kappa shape index (κ2) is 10.9. The SMILES string of the molecule is CC(C)CN(CCCCCCc1ccccc1)[C@H]1CC[C@@]2(O)[C@H]3Cc4ccc(O)c5c4[C@@]2(CCN3CC2CC2)[C@H]1O5. The molecule has 3 fully saturated rings. The third-order valence-corrected chi connectivity index (χ3v) is 11.3. The molecule has 2 aromatic carbocycles. The number of piperidine rings is 1. The number of aromatic hydroxyl groups is 1. The number of aliphatic hydroxyl groups is 1. The van der Waals surface area contributed by atoms with Crippen molar-refractivity contribution in [3.8, 4) is 11.5 Å². The number of ether oxygens (including phenoxy) is 1. The Kier molecular flexibility index (Phi) is 7.36. The van der Waals surface area contributed by atoms with E-state index in [2.05, 4.69) is 60.0 Å². The van der Waals surface area contributed by atoms with Gasteiger partial charge in [0.1, 0.15) is 6.10 Å². The van der Waals surface area contributed by atoms with E-state index in [1.54, 1.807) is 0 Å². The van der Waals surface area contributed by atoms with E-state index in [0.29, 0.717) is 11.7 Å². The minimum absolute atomic E-state index is 0.106. The Bertz CT molecular complexity index is 1230. The molecule has 0 aromatic heterocycles. The van der Waals surface area contributed by atoms with Crippen molar-refractivity contribution in [2.45, 2.75) is 114 Å². The molecule has 1 saturated heterocycles. The number of hydrogen-bond acceptors (Lipinski definition) is 5. The Balaban J connectivity index is 1.11. The molecular formula is C36H50N2O3. The van der Waals surface area contributed by atoms with Crippen LogP contribution in [0.4, 0.5) is 0 Å². The van der Waals surface area contributed by atoms with E-state index in [4.69, 9.17) is 4.74 Å². The number of benzene rings is 2. The Morgan fingerprint density at radius 2 is 1.80 bits per heavy atom. The van der Waals surface area contributed by atoms with Gasteiger partial charge in [0.15, 0.2) is 11.5 Å². The highest BCUT2D eigenvalue weighted by atomic mass is 16.5. The molecule has 41 heavy (non-hydrogen) atoms. The lowest BCUT2D eigenvalue weighted by atomic mass is 9.48. The highest BCUT2D eigenvalue weighted by molar-refractivity contribution is 5.62. The number of hydrogen-bond donors (Lipinski definition) is 2. The van der Waals surface area contributed by atoms with Gasteiger partial charge in [-0.05, 0) is 99.9 Å². The molecule has 0 radical (unpaired) electrons. The van der Waals surface area contributed by atoms with Crippen molar-refractivity contribution >= 4 is 0 Å². The van der Waals surface area contributed by atoms with E-state index in [0.717, 1.165) is 63.3 Å². The molecule has 5 heteroatoms. The van der Waals surface area contributed by atoms with E-state index in [1.807, 2.05) is 6.07 Å². The van der Waals surface area contributed by atoms with E-state index >= 15 is 0 Å². The van der Waals surface area contributed by atoms with Gasteiger partial charge in [0, 0.05) is 30.7 Å². The van der Waals surface area contributed by atoms with Gasteiger partial charge in [0.05, 0.1) is 11.0 Å². The first-order valence-electron chi connectivity index (χ1n) is 16.7. The van der Waals surface area contributed by atoms with Crippen LogP contribution in [0.2, 0.25) is 0 Å². The molecule has 2 aliphatic heterocycles. The third kappa shape index (κ3) is 4.71. The molecule has 5 aliphatic rings. The van der Waals surface area contributed by atoms with Crippen LogP contribution in [0.5, 0.6) is 11.5 Å². The van der Waals surface area contributed by atoms with Gasteiger partial charge < -0.3 is 14.9 Å². The van der Waals surface area contributed by atoms with Crippen molar-refractivity contribution in [1.29, 1.82) is 0 Å². The van der Waals surface area contributed by atoms with Gasteiger partial charge in [0.2, 0.25) is 0 Å². The zero-order valence-electron chi connectivity index (χ0n) is 25.2. The van der Waals surface area contributed by atoms with Crippen molar-refractivity contribution in [3.05, 3.63) is 59.2 Å². The second-order valence-electron chi connectivity index (χ2n) is 14.4. The van der Waals surface area contributed by atoms with E-state index in [1.165, 1.54) is 56.1 Å². The predicted molar refractivity (Wildman–Crippen MR) is 164 cm³/mol. The highest BCUT2D eigenvalue weighted by Crippen LogP contribution is 2.66. The summed E-state index contributed by atoms with van der Waals surface area (Å²) in [6.07, 6.45) is 12.3. The summed E-state index contributed by atoms with van der Waals surface area (Å²) in [7, 11) is 0.